The Balaban J connectivity index is 2.16. The normalized spacial score (nSPS) is 10.1. The van der Waals surface area contributed by atoms with E-state index in [4.69, 9.17) is 15.3 Å². The molecule has 21 heavy (non-hydrogen) atoms. The average molecular weight is 290 g/mol. The number of anilines is 2. The molecule has 112 valence electrons. The zero-order valence-corrected chi connectivity index (χ0v) is 12.2. The highest BCUT2D eigenvalue weighted by molar-refractivity contribution is 5.38. The van der Waals surface area contributed by atoms with Crippen LogP contribution >= 0.6 is 0 Å². The van der Waals surface area contributed by atoms with Crippen molar-refractivity contribution in [1.29, 1.82) is 0 Å². The summed E-state index contributed by atoms with van der Waals surface area (Å²) < 4.78 is 10.2. The predicted octanol–water partition coefficient (Wildman–Crippen LogP) is 0.811. The third kappa shape index (κ3) is 3.69. The summed E-state index contributed by atoms with van der Waals surface area (Å²) in [5.41, 5.74) is 3.49. The van der Waals surface area contributed by atoms with Gasteiger partial charge >= 0.3 is 6.01 Å². The molecule has 0 bridgehead atoms. The van der Waals surface area contributed by atoms with Crippen molar-refractivity contribution < 1.29 is 9.47 Å². The molecule has 0 radical (unpaired) electrons. The number of hydrazine groups is 1. The molecule has 0 saturated carbocycles. The Labute approximate surface area is 122 Å². The quantitative estimate of drug-likeness (QED) is 0.596. The number of nitrogens with one attached hydrogen (secondary N) is 1. The van der Waals surface area contributed by atoms with E-state index in [2.05, 4.69) is 20.4 Å². The zero-order valence-electron chi connectivity index (χ0n) is 12.2. The van der Waals surface area contributed by atoms with Crippen LogP contribution in [0.1, 0.15) is 5.56 Å². The number of ether oxygens (including phenoxy) is 2. The van der Waals surface area contributed by atoms with E-state index in [-0.39, 0.29) is 12.0 Å². The first-order chi connectivity index (χ1) is 10.2. The first kappa shape index (κ1) is 14.8. The van der Waals surface area contributed by atoms with Crippen molar-refractivity contribution in [2.24, 2.45) is 5.84 Å². The van der Waals surface area contributed by atoms with Crippen LogP contribution in [0.2, 0.25) is 0 Å². The van der Waals surface area contributed by atoms with Gasteiger partial charge in [-0.05, 0) is 17.7 Å². The minimum atomic E-state index is 0.203. The highest BCUT2D eigenvalue weighted by Gasteiger charge is 2.10. The number of nitrogen functional groups attached to an aromatic ring is 1. The third-order valence-corrected chi connectivity index (χ3v) is 2.83. The summed E-state index contributed by atoms with van der Waals surface area (Å²) in [7, 11) is 5.00. The van der Waals surface area contributed by atoms with Gasteiger partial charge in [-0.2, -0.15) is 15.0 Å². The highest BCUT2D eigenvalue weighted by atomic mass is 16.5. The molecule has 1 aromatic carbocycles. The second kappa shape index (κ2) is 6.71. The van der Waals surface area contributed by atoms with Crippen molar-refractivity contribution in [3.05, 3.63) is 29.8 Å². The Morgan fingerprint density at radius 3 is 2.38 bits per heavy atom. The number of nitrogens with zero attached hydrogens (tertiary/aromatic N) is 4. The van der Waals surface area contributed by atoms with Gasteiger partial charge < -0.3 is 14.4 Å². The molecule has 0 aliphatic rings. The average Bonchev–Trinajstić information content (AvgIpc) is 2.54. The molecule has 2 rings (SSSR count). The topological polar surface area (TPSA) is 98.4 Å². The van der Waals surface area contributed by atoms with E-state index in [9.17, 15) is 0 Å². The molecule has 0 saturated heterocycles. The van der Waals surface area contributed by atoms with E-state index < -0.39 is 0 Å². The summed E-state index contributed by atoms with van der Waals surface area (Å²) in [6.45, 7) is 0.626. The van der Waals surface area contributed by atoms with Crippen LogP contribution in [0.15, 0.2) is 24.3 Å². The monoisotopic (exact) mass is 290 g/mol. The number of methoxy groups -OCH3 is 2. The summed E-state index contributed by atoms with van der Waals surface area (Å²) in [5.74, 6) is 6.87. The third-order valence-electron chi connectivity index (χ3n) is 2.83. The fourth-order valence-corrected chi connectivity index (χ4v) is 1.75. The Hall–Kier alpha value is -2.61. The molecule has 3 N–H and O–H groups in total. The smallest absolute Gasteiger partial charge is 0.322 e. The summed E-state index contributed by atoms with van der Waals surface area (Å²) >= 11 is 0. The second-order valence-electron chi connectivity index (χ2n) is 4.29. The van der Waals surface area contributed by atoms with Gasteiger partial charge in [0.05, 0.1) is 14.2 Å². The Morgan fingerprint density at radius 1 is 1.10 bits per heavy atom. The summed E-state index contributed by atoms with van der Waals surface area (Å²) in [6, 6.07) is 7.98. The lowest BCUT2D eigenvalue weighted by atomic mass is 10.2. The van der Waals surface area contributed by atoms with E-state index in [0.717, 1.165) is 11.3 Å². The predicted molar refractivity (Wildman–Crippen MR) is 79.3 cm³/mol. The van der Waals surface area contributed by atoms with E-state index in [1.165, 1.54) is 7.11 Å². The molecule has 8 nitrogen and oxygen atoms in total. The number of nitrogens with two attached hydrogens (primary N) is 1. The fourth-order valence-electron chi connectivity index (χ4n) is 1.75. The number of aromatic nitrogens is 3. The lowest BCUT2D eigenvalue weighted by molar-refractivity contribution is 0.379. The van der Waals surface area contributed by atoms with Crippen LogP contribution in [0.4, 0.5) is 11.9 Å². The van der Waals surface area contributed by atoms with Crippen LogP contribution in [0, 0.1) is 0 Å². The Morgan fingerprint density at radius 2 is 1.81 bits per heavy atom. The Kier molecular flexibility index (Phi) is 4.72. The van der Waals surface area contributed by atoms with Gasteiger partial charge in [0.25, 0.3) is 0 Å². The number of benzene rings is 1. The maximum atomic E-state index is 5.34. The van der Waals surface area contributed by atoms with E-state index in [0.29, 0.717) is 12.5 Å². The van der Waals surface area contributed by atoms with Gasteiger partial charge in [0.2, 0.25) is 11.9 Å². The van der Waals surface area contributed by atoms with E-state index in [1.807, 2.05) is 36.2 Å². The number of rotatable bonds is 6. The van der Waals surface area contributed by atoms with Crippen molar-refractivity contribution in [3.63, 3.8) is 0 Å². The minimum Gasteiger partial charge on any atom is -0.497 e. The van der Waals surface area contributed by atoms with Crippen molar-refractivity contribution in [2.75, 3.05) is 31.6 Å². The van der Waals surface area contributed by atoms with Crippen LogP contribution in [0.25, 0.3) is 0 Å². The van der Waals surface area contributed by atoms with Gasteiger partial charge in [0.15, 0.2) is 0 Å². The largest absolute Gasteiger partial charge is 0.497 e. The maximum absolute atomic E-state index is 5.34. The highest BCUT2D eigenvalue weighted by Crippen LogP contribution is 2.17. The van der Waals surface area contributed by atoms with Gasteiger partial charge in [-0.25, -0.2) is 5.84 Å². The minimum absolute atomic E-state index is 0.203. The molecule has 1 heterocycles. The molecule has 0 atom stereocenters. The summed E-state index contributed by atoms with van der Waals surface area (Å²) in [6.07, 6.45) is 0. The molecule has 0 aliphatic heterocycles. The molecule has 0 spiro atoms. The molecule has 0 fully saturated rings. The molecule has 0 aliphatic carbocycles. The molecule has 0 amide bonds. The summed E-state index contributed by atoms with van der Waals surface area (Å²) in [4.78, 5) is 14.2. The van der Waals surface area contributed by atoms with Crippen molar-refractivity contribution in [2.45, 2.75) is 6.54 Å². The van der Waals surface area contributed by atoms with E-state index in [1.54, 1.807) is 7.11 Å². The van der Waals surface area contributed by atoms with Gasteiger partial charge in [-0.3, -0.25) is 5.43 Å². The van der Waals surface area contributed by atoms with Crippen LogP contribution < -0.4 is 25.6 Å². The van der Waals surface area contributed by atoms with Crippen LogP contribution in [0.5, 0.6) is 11.8 Å². The zero-order chi connectivity index (χ0) is 15.2. The van der Waals surface area contributed by atoms with Gasteiger partial charge in [0, 0.05) is 13.6 Å². The number of hydrogen-bond acceptors (Lipinski definition) is 8. The standard InChI is InChI=1S/C13H18N6O2/c1-19(8-9-4-6-10(20-2)7-5-9)12-15-11(18-14)16-13(17-12)21-3/h4-7H,8,14H2,1-3H3,(H,15,16,17,18). The molecular weight excluding hydrogens is 272 g/mol. The SMILES string of the molecule is COc1ccc(CN(C)c2nc(NN)nc(OC)n2)cc1. The first-order valence-electron chi connectivity index (χ1n) is 6.27. The van der Waals surface area contributed by atoms with Crippen molar-refractivity contribution in [1.82, 2.24) is 15.0 Å². The van der Waals surface area contributed by atoms with Crippen LogP contribution in [-0.2, 0) is 6.54 Å². The summed E-state index contributed by atoms with van der Waals surface area (Å²) in [5, 5.41) is 0. The van der Waals surface area contributed by atoms with Crippen molar-refractivity contribution in [3.8, 4) is 11.8 Å². The molecule has 8 heteroatoms. The first-order valence-corrected chi connectivity index (χ1v) is 6.27. The fraction of sp³-hybridized carbons (Fsp3) is 0.308. The molecule has 0 unspecified atom stereocenters. The van der Waals surface area contributed by atoms with E-state index >= 15 is 0 Å². The molecule has 1 aromatic heterocycles. The molecular formula is C13H18N6O2. The molecule has 2 aromatic rings. The number of hydrogen-bond donors (Lipinski definition) is 2. The lowest BCUT2D eigenvalue weighted by Gasteiger charge is -2.18. The van der Waals surface area contributed by atoms with Crippen molar-refractivity contribution >= 4 is 11.9 Å². The lowest BCUT2D eigenvalue weighted by Crippen LogP contribution is -2.21. The van der Waals surface area contributed by atoms with Crippen LogP contribution in [-0.4, -0.2) is 36.2 Å². The van der Waals surface area contributed by atoms with Crippen LogP contribution in [0.3, 0.4) is 0 Å². The van der Waals surface area contributed by atoms with Gasteiger partial charge in [0.1, 0.15) is 5.75 Å². The maximum Gasteiger partial charge on any atom is 0.322 e. The van der Waals surface area contributed by atoms with Gasteiger partial charge in [-0.15, -0.1) is 0 Å². The van der Waals surface area contributed by atoms with Gasteiger partial charge in [-0.1, -0.05) is 12.1 Å². The second-order valence-corrected chi connectivity index (χ2v) is 4.29. The Bertz CT molecular complexity index is 567.